The van der Waals surface area contributed by atoms with Gasteiger partial charge in [-0.05, 0) is 0 Å². The Morgan fingerprint density at radius 1 is 0.625 bits per heavy atom. The van der Waals surface area contributed by atoms with Gasteiger partial charge < -0.3 is 15.1 Å². The van der Waals surface area contributed by atoms with E-state index in [1.54, 1.807) is 36.4 Å². The monoisotopic (exact) mass is 557 g/mol. The molecule has 0 aromatic heterocycles. The molecule has 9 atom stereocenters. The van der Waals surface area contributed by atoms with Gasteiger partial charge in [0.15, 0.2) is 6.04 Å². The van der Waals surface area contributed by atoms with Gasteiger partial charge in [0.05, 0.1) is 54.9 Å². The summed E-state index contributed by atoms with van der Waals surface area (Å²) >= 11 is 0. The minimum atomic E-state index is -0.405. The van der Waals surface area contributed by atoms with E-state index in [2.05, 4.69) is 25.6 Å². The normalized spacial score (nSPS) is 37.3. The minimum absolute atomic E-state index is 0.135. The number of carbonyl (C=O) groups is 6. The molecular formula is C25H35N9O6. The van der Waals surface area contributed by atoms with Crippen molar-refractivity contribution in [2.75, 3.05) is 28.2 Å². The number of amides is 6. The summed E-state index contributed by atoms with van der Waals surface area (Å²) in [6.45, 7) is 5.42. The smallest absolute Gasteiger partial charge is 0.255 e. The molecule has 15 nitrogen and oxygen atoms in total. The second-order valence-corrected chi connectivity index (χ2v) is 10.8. The molecule has 0 bridgehead atoms. The average Bonchev–Trinajstić information content (AvgIpc) is 3.66. The molecule has 9 unspecified atom stereocenters. The Morgan fingerprint density at radius 3 is 1.77 bits per heavy atom. The Bertz CT molecular complexity index is 1220. The highest BCUT2D eigenvalue weighted by atomic mass is 16.2. The van der Waals surface area contributed by atoms with Crippen molar-refractivity contribution in [1.29, 1.82) is 0 Å². The maximum Gasteiger partial charge on any atom is 0.255 e. The molecule has 216 valence electrons. The first kappa shape index (κ1) is 28.8. The van der Waals surface area contributed by atoms with Crippen LogP contribution in [0, 0.1) is 17.8 Å². The molecule has 0 radical (unpaired) electrons. The summed E-state index contributed by atoms with van der Waals surface area (Å²) in [5.74, 6) is -1.71. The van der Waals surface area contributed by atoms with Crippen LogP contribution >= 0.6 is 0 Å². The lowest BCUT2D eigenvalue weighted by atomic mass is 9.89. The number of likely N-dealkylation sites (N-methyl/N-ethyl adjacent to an activating group) is 4. The summed E-state index contributed by atoms with van der Waals surface area (Å²) in [5, 5.41) is 5.26. The number of rotatable bonds is 0. The van der Waals surface area contributed by atoms with E-state index in [9.17, 15) is 28.8 Å². The lowest BCUT2D eigenvalue weighted by Crippen LogP contribution is -2.59. The lowest BCUT2D eigenvalue weighted by molar-refractivity contribution is -0.154. The van der Waals surface area contributed by atoms with Crippen LogP contribution in [0.5, 0.6) is 0 Å². The minimum Gasteiger partial charge on any atom is -0.370 e. The topological polar surface area (TPSA) is 177 Å². The molecule has 6 aliphatic heterocycles. The standard InChI is InChI=1S/C9H13N3O2.2C8H11N3O2/c1-5-6-7(11(2)4-10-6)9(14)12(3)8(5)13;1-4-5-6(11(2)3-9-5)8(13)10-7(4)12;1-4-5-6(10-3-9-5)8(13)11(2)7(4)12/h4-7H,1-3H3;3-6H,1-2H3,(H,10,12,13);3-6H,1-2H3,(H,9,10). The highest BCUT2D eigenvalue weighted by molar-refractivity contribution is 6.05. The summed E-state index contributed by atoms with van der Waals surface area (Å²) in [4.78, 5) is 87.2. The number of likely N-dealkylation sites (tertiary alicyclic amines) is 2. The predicted molar refractivity (Wildman–Crippen MR) is 143 cm³/mol. The molecule has 3 fully saturated rings. The highest BCUT2D eigenvalue weighted by Gasteiger charge is 2.49. The summed E-state index contributed by atoms with van der Waals surface area (Å²) < 4.78 is 0. The van der Waals surface area contributed by atoms with Gasteiger partial charge in [0.25, 0.3) is 17.7 Å². The molecule has 6 amide bonds. The van der Waals surface area contributed by atoms with E-state index in [1.165, 1.54) is 25.3 Å². The van der Waals surface area contributed by atoms with Gasteiger partial charge in [-0.15, -0.1) is 0 Å². The number of piperidine rings is 3. The first-order valence-electron chi connectivity index (χ1n) is 13.0. The molecule has 15 heteroatoms. The van der Waals surface area contributed by atoms with Crippen molar-refractivity contribution in [1.82, 2.24) is 30.2 Å². The van der Waals surface area contributed by atoms with E-state index < -0.39 is 6.04 Å². The van der Waals surface area contributed by atoms with Crippen molar-refractivity contribution in [2.45, 2.75) is 57.0 Å². The van der Waals surface area contributed by atoms with E-state index in [4.69, 9.17) is 0 Å². The van der Waals surface area contributed by atoms with E-state index in [0.717, 1.165) is 4.90 Å². The zero-order valence-electron chi connectivity index (χ0n) is 23.5. The molecule has 6 heterocycles. The third kappa shape index (κ3) is 4.73. The van der Waals surface area contributed by atoms with E-state index in [1.807, 2.05) is 20.9 Å². The fourth-order valence-electron chi connectivity index (χ4n) is 5.64. The van der Waals surface area contributed by atoms with Gasteiger partial charge in [0, 0.05) is 28.2 Å². The Kier molecular flexibility index (Phi) is 7.76. The molecule has 3 saturated heterocycles. The molecule has 0 aromatic rings. The zero-order chi connectivity index (χ0) is 29.6. The first-order valence-corrected chi connectivity index (χ1v) is 13.0. The molecule has 40 heavy (non-hydrogen) atoms. The van der Waals surface area contributed by atoms with Crippen LogP contribution in [0.4, 0.5) is 0 Å². The molecule has 6 aliphatic rings. The third-order valence-corrected chi connectivity index (χ3v) is 8.31. The van der Waals surface area contributed by atoms with Crippen molar-refractivity contribution < 1.29 is 28.8 Å². The van der Waals surface area contributed by atoms with Crippen molar-refractivity contribution in [2.24, 2.45) is 32.7 Å². The SMILES string of the molecule is CC1C(=O)N(C)C(=O)C2C1N=CN2C.CC1C(=O)N(C)C(=O)C2N=CNC12.CC1C(=O)NC(=O)C2C1N=CN2C. The van der Waals surface area contributed by atoms with Gasteiger partial charge in [-0.3, -0.25) is 58.9 Å². The Hall–Kier alpha value is -4.17. The van der Waals surface area contributed by atoms with Gasteiger partial charge in [-0.25, -0.2) is 0 Å². The molecule has 2 N–H and O–H groups in total. The van der Waals surface area contributed by atoms with Crippen LogP contribution in [-0.2, 0) is 28.8 Å². The number of imide groups is 3. The number of nitrogens with one attached hydrogen (secondary N) is 2. The van der Waals surface area contributed by atoms with Gasteiger partial charge >= 0.3 is 0 Å². The fourth-order valence-corrected chi connectivity index (χ4v) is 5.64. The van der Waals surface area contributed by atoms with Gasteiger partial charge in [-0.1, -0.05) is 20.8 Å². The van der Waals surface area contributed by atoms with Crippen LogP contribution in [0.25, 0.3) is 0 Å². The van der Waals surface area contributed by atoms with Crippen molar-refractivity contribution in [3.8, 4) is 0 Å². The maximum atomic E-state index is 11.8. The lowest BCUT2D eigenvalue weighted by Gasteiger charge is -2.36. The molecule has 0 saturated carbocycles. The van der Waals surface area contributed by atoms with Crippen LogP contribution in [0.3, 0.4) is 0 Å². The molecular weight excluding hydrogens is 522 g/mol. The van der Waals surface area contributed by atoms with Crippen molar-refractivity contribution >= 4 is 54.5 Å². The zero-order valence-corrected chi connectivity index (χ0v) is 23.5. The van der Waals surface area contributed by atoms with E-state index in [-0.39, 0.29) is 83.4 Å². The van der Waals surface area contributed by atoms with E-state index in [0.29, 0.717) is 0 Å². The van der Waals surface area contributed by atoms with Crippen LogP contribution < -0.4 is 10.6 Å². The molecule has 0 aliphatic carbocycles. The second kappa shape index (κ2) is 10.8. The number of hydrogen-bond donors (Lipinski definition) is 2. The fraction of sp³-hybridized carbons (Fsp3) is 0.640. The molecule has 6 rings (SSSR count). The summed E-state index contributed by atoms with van der Waals surface area (Å²) in [6, 6.07) is -1.53. The number of carbonyl (C=O) groups excluding carboxylic acids is 6. The largest absolute Gasteiger partial charge is 0.370 e. The molecule has 0 aromatic carbocycles. The highest BCUT2D eigenvalue weighted by Crippen LogP contribution is 2.28. The maximum absolute atomic E-state index is 11.8. The predicted octanol–water partition coefficient (Wildman–Crippen LogP) is -2.69. The van der Waals surface area contributed by atoms with Gasteiger partial charge in [0.2, 0.25) is 17.7 Å². The summed E-state index contributed by atoms with van der Waals surface area (Å²) in [7, 11) is 6.63. The van der Waals surface area contributed by atoms with Crippen molar-refractivity contribution in [3.05, 3.63) is 0 Å². The van der Waals surface area contributed by atoms with Crippen LogP contribution in [0.15, 0.2) is 15.0 Å². The average molecular weight is 558 g/mol. The Balaban J connectivity index is 0.000000139. The van der Waals surface area contributed by atoms with E-state index >= 15 is 0 Å². The third-order valence-electron chi connectivity index (χ3n) is 8.31. The van der Waals surface area contributed by atoms with Crippen LogP contribution in [-0.4, -0.2) is 139 Å². The summed E-state index contributed by atoms with van der Waals surface area (Å²) in [6.07, 6.45) is 4.76. The number of nitrogens with zero attached hydrogens (tertiary/aromatic N) is 7. The summed E-state index contributed by atoms with van der Waals surface area (Å²) in [5.41, 5.74) is 0. The van der Waals surface area contributed by atoms with Crippen LogP contribution in [0.1, 0.15) is 20.8 Å². The Morgan fingerprint density at radius 2 is 1.15 bits per heavy atom. The van der Waals surface area contributed by atoms with Gasteiger partial charge in [-0.2, -0.15) is 0 Å². The van der Waals surface area contributed by atoms with Crippen molar-refractivity contribution in [3.63, 3.8) is 0 Å². The molecule has 0 spiro atoms. The number of aliphatic imine (C=N–C) groups is 3. The number of fused-ring (bicyclic) bond motifs is 3. The van der Waals surface area contributed by atoms with Gasteiger partial charge in [0.1, 0.15) is 12.1 Å². The number of hydrogen-bond acceptors (Lipinski definition) is 12. The van der Waals surface area contributed by atoms with Crippen LogP contribution in [0.2, 0.25) is 0 Å². The first-order chi connectivity index (χ1) is 18.8. The Labute approximate surface area is 231 Å². The quantitative estimate of drug-likeness (QED) is 0.300. The second-order valence-electron chi connectivity index (χ2n) is 10.8.